The summed E-state index contributed by atoms with van der Waals surface area (Å²) in [6.45, 7) is 0. The Labute approximate surface area is 152 Å². The molecule has 0 aliphatic rings. The Morgan fingerprint density at radius 3 is 2.56 bits per heavy atom. The molecule has 0 spiro atoms. The molecule has 1 aromatic heterocycles. The summed E-state index contributed by atoms with van der Waals surface area (Å²) in [7, 11) is 5.53. The maximum Gasteiger partial charge on any atom is 0.230 e. The van der Waals surface area contributed by atoms with Crippen molar-refractivity contribution in [3.05, 3.63) is 77.4 Å². The zero-order valence-corrected chi connectivity index (χ0v) is 15.1. The normalized spacial score (nSPS) is 11.4. The van der Waals surface area contributed by atoms with Crippen molar-refractivity contribution in [2.24, 2.45) is 0 Å². The molecule has 2 aromatic carbocycles. The smallest absolute Gasteiger partial charge is 0.230 e. The second kappa shape index (κ2) is 7.45. The topological polar surface area (TPSA) is 38.5 Å². The van der Waals surface area contributed by atoms with Crippen LogP contribution in [-0.2, 0) is 0 Å². The Bertz CT molecular complexity index is 886. The van der Waals surface area contributed by atoms with E-state index in [0.29, 0.717) is 16.8 Å². The molecule has 0 bridgehead atoms. The van der Waals surface area contributed by atoms with E-state index in [0.717, 1.165) is 22.4 Å². The van der Waals surface area contributed by atoms with Gasteiger partial charge in [0.15, 0.2) is 10.9 Å². The lowest BCUT2D eigenvalue weighted by Gasteiger charge is -2.09. The first-order valence-electron chi connectivity index (χ1n) is 7.83. The molecule has 0 saturated carbocycles. The fourth-order valence-corrected chi connectivity index (χ4v) is 2.71. The van der Waals surface area contributed by atoms with Crippen LogP contribution in [0, 0.1) is 0 Å². The van der Waals surface area contributed by atoms with Gasteiger partial charge >= 0.3 is 0 Å². The number of hydrogen-bond donors (Lipinski definition) is 0. The third kappa shape index (κ3) is 3.86. The lowest BCUT2D eigenvalue weighted by Crippen LogP contribution is -2.03. The Morgan fingerprint density at radius 1 is 1.12 bits per heavy atom. The van der Waals surface area contributed by atoms with Gasteiger partial charge in [0.2, 0.25) is 5.89 Å². The van der Waals surface area contributed by atoms with Gasteiger partial charge in [-0.2, -0.15) is 4.98 Å². The number of rotatable bonds is 5. The highest BCUT2D eigenvalue weighted by Gasteiger charge is 2.18. The number of methoxy groups -OCH3 is 1. The number of nitrogens with zero attached hydrogens (tertiary/aromatic N) is 2. The van der Waals surface area contributed by atoms with Crippen LogP contribution in [0.3, 0.4) is 0 Å². The van der Waals surface area contributed by atoms with Crippen molar-refractivity contribution < 1.29 is 9.15 Å². The molecule has 128 valence electrons. The molecule has 4 nitrogen and oxygen atoms in total. The molecule has 3 rings (SSSR count). The molecule has 0 amide bonds. The van der Waals surface area contributed by atoms with E-state index in [1.807, 2.05) is 79.8 Å². The van der Waals surface area contributed by atoms with Crippen LogP contribution in [0.5, 0.6) is 5.75 Å². The highest BCUT2D eigenvalue weighted by molar-refractivity contribution is 6.31. The number of halogens is 1. The molecule has 0 aliphatic heterocycles. The minimum atomic E-state index is 0.323. The van der Waals surface area contributed by atoms with Crippen LogP contribution in [0.15, 0.2) is 65.2 Å². The van der Waals surface area contributed by atoms with Gasteiger partial charge in [-0.25, -0.2) is 0 Å². The monoisotopic (exact) mass is 354 g/mol. The van der Waals surface area contributed by atoms with Crippen LogP contribution in [-0.4, -0.2) is 31.1 Å². The van der Waals surface area contributed by atoms with Crippen molar-refractivity contribution in [3.8, 4) is 17.1 Å². The molecule has 0 saturated heterocycles. The lowest BCUT2D eigenvalue weighted by atomic mass is 10.1. The number of benzene rings is 2. The third-order valence-electron chi connectivity index (χ3n) is 3.62. The Kier molecular flexibility index (Phi) is 5.10. The average Bonchev–Trinajstić information content (AvgIpc) is 3.02. The minimum Gasteiger partial charge on any atom is -0.497 e. The Balaban J connectivity index is 2.08. The van der Waals surface area contributed by atoms with Crippen LogP contribution >= 0.6 is 11.6 Å². The molecule has 0 radical (unpaired) electrons. The van der Waals surface area contributed by atoms with E-state index in [4.69, 9.17) is 20.8 Å². The number of ether oxygens (including phenoxy) is 1. The van der Waals surface area contributed by atoms with Crippen LogP contribution in [0.4, 0.5) is 0 Å². The van der Waals surface area contributed by atoms with E-state index < -0.39 is 0 Å². The predicted molar refractivity (Wildman–Crippen MR) is 101 cm³/mol. The summed E-state index contributed by atoms with van der Waals surface area (Å²) >= 11 is 6.36. The first kappa shape index (κ1) is 17.1. The van der Waals surface area contributed by atoms with Crippen molar-refractivity contribution in [1.29, 1.82) is 0 Å². The van der Waals surface area contributed by atoms with Gasteiger partial charge in [0.25, 0.3) is 0 Å². The number of hydrogen-bond acceptors (Lipinski definition) is 4. The fraction of sp³-hybridized carbons (Fsp3) is 0.150. The Morgan fingerprint density at radius 2 is 1.88 bits per heavy atom. The molecule has 0 aliphatic carbocycles. The van der Waals surface area contributed by atoms with Gasteiger partial charge in [-0.05, 0) is 17.7 Å². The number of oxazole rings is 1. The maximum absolute atomic E-state index is 6.36. The molecule has 3 aromatic rings. The largest absolute Gasteiger partial charge is 0.497 e. The molecule has 5 heteroatoms. The quantitative estimate of drug-likeness (QED) is 0.649. The molecule has 1 heterocycles. The Hall–Kier alpha value is -2.72. The van der Waals surface area contributed by atoms with Gasteiger partial charge in [-0.15, -0.1) is 0 Å². The minimum absolute atomic E-state index is 0.323. The van der Waals surface area contributed by atoms with Gasteiger partial charge in [0.1, 0.15) is 5.75 Å². The van der Waals surface area contributed by atoms with Crippen molar-refractivity contribution in [2.75, 3.05) is 21.2 Å². The van der Waals surface area contributed by atoms with Gasteiger partial charge in [-0.3, -0.25) is 0 Å². The zero-order valence-electron chi connectivity index (χ0n) is 14.4. The molecular formula is C20H19ClN2O2. The summed E-state index contributed by atoms with van der Waals surface area (Å²) in [5.74, 6) is 1.73. The molecule has 0 fully saturated rings. The fourth-order valence-electron chi connectivity index (χ4n) is 2.49. The summed E-state index contributed by atoms with van der Waals surface area (Å²) in [6, 6.07) is 17.5. The van der Waals surface area contributed by atoms with Crippen molar-refractivity contribution in [1.82, 2.24) is 9.88 Å². The van der Waals surface area contributed by atoms with Crippen molar-refractivity contribution in [2.45, 2.75) is 0 Å². The highest BCUT2D eigenvalue weighted by Crippen LogP contribution is 2.34. The highest BCUT2D eigenvalue weighted by atomic mass is 35.5. The van der Waals surface area contributed by atoms with Gasteiger partial charge in [-0.1, -0.05) is 54.1 Å². The van der Waals surface area contributed by atoms with Crippen molar-refractivity contribution >= 4 is 17.2 Å². The van der Waals surface area contributed by atoms with Crippen LogP contribution in [0.2, 0.25) is 5.15 Å². The van der Waals surface area contributed by atoms with Gasteiger partial charge in [0, 0.05) is 25.9 Å². The number of aromatic nitrogens is 1. The van der Waals surface area contributed by atoms with Gasteiger partial charge in [0.05, 0.1) is 12.7 Å². The van der Waals surface area contributed by atoms with Crippen molar-refractivity contribution in [3.63, 3.8) is 0 Å². The summed E-state index contributed by atoms with van der Waals surface area (Å²) in [4.78, 5) is 6.39. The summed E-state index contributed by atoms with van der Waals surface area (Å²) in [5.41, 5.74) is 2.69. The van der Waals surface area contributed by atoms with E-state index >= 15 is 0 Å². The van der Waals surface area contributed by atoms with Crippen LogP contribution < -0.4 is 4.74 Å². The molecular weight excluding hydrogens is 336 g/mol. The average molecular weight is 355 g/mol. The SMILES string of the molecule is COc1cccc(-c2oc(C(=CN(C)C)c3ccccc3)nc2Cl)c1. The summed E-state index contributed by atoms with van der Waals surface area (Å²) in [6.07, 6.45) is 1.97. The van der Waals surface area contributed by atoms with E-state index in [-0.39, 0.29) is 0 Å². The van der Waals surface area contributed by atoms with E-state index in [1.54, 1.807) is 7.11 Å². The second-order valence-electron chi connectivity index (χ2n) is 5.74. The first-order chi connectivity index (χ1) is 12.1. The summed E-state index contributed by atoms with van der Waals surface area (Å²) < 4.78 is 11.3. The third-order valence-corrected chi connectivity index (χ3v) is 3.88. The van der Waals surface area contributed by atoms with Crippen LogP contribution in [0.25, 0.3) is 16.9 Å². The molecule has 25 heavy (non-hydrogen) atoms. The lowest BCUT2D eigenvalue weighted by molar-refractivity contribution is 0.415. The second-order valence-corrected chi connectivity index (χ2v) is 6.10. The van der Waals surface area contributed by atoms with E-state index in [2.05, 4.69) is 4.98 Å². The van der Waals surface area contributed by atoms with E-state index in [9.17, 15) is 0 Å². The molecule has 0 unspecified atom stereocenters. The van der Waals surface area contributed by atoms with E-state index in [1.165, 1.54) is 0 Å². The molecule has 0 N–H and O–H groups in total. The first-order valence-corrected chi connectivity index (χ1v) is 8.21. The molecule has 0 atom stereocenters. The zero-order chi connectivity index (χ0) is 17.8. The summed E-state index contributed by atoms with van der Waals surface area (Å²) in [5, 5.41) is 0.323. The standard InChI is InChI=1S/C20H19ClN2O2/c1-23(2)13-17(14-8-5-4-6-9-14)20-22-19(21)18(25-20)15-10-7-11-16(12-15)24-3/h4-13H,1-3H3. The predicted octanol–water partition coefficient (Wildman–Crippen LogP) is 4.95. The maximum atomic E-state index is 6.36. The van der Waals surface area contributed by atoms with Gasteiger partial charge < -0.3 is 14.1 Å². The van der Waals surface area contributed by atoms with Crippen LogP contribution in [0.1, 0.15) is 11.5 Å².